The number of anilines is 9. The summed E-state index contributed by atoms with van der Waals surface area (Å²) in [5.41, 5.74) is 19.5. The fourth-order valence-electron chi connectivity index (χ4n) is 18.0. The Bertz CT molecular complexity index is 8150. The van der Waals surface area contributed by atoms with E-state index in [1.807, 2.05) is 108 Å². The van der Waals surface area contributed by atoms with Gasteiger partial charge in [-0.2, -0.15) is 0 Å². The molecule has 0 saturated carbocycles. The van der Waals surface area contributed by atoms with Crippen LogP contribution in [0, 0.1) is 0 Å². The summed E-state index contributed by atoms with van der Waals surface area (Å²) in [7, 11) is 0. The van der Waals surface area contributed by atoms with Crippen LogP contribution in [0.4, 0.5) is 51.2 Å². The van der Waals surface area contributed by atoms with Crippen LogP contribution in [0.3, 0.4) is 0 Å². The molecular formula is C110H83BN6. The molecular weight excluding hydrogens is 1420 g/mol. The van der Waals surface area contributed by atoms with Crippen LogP contribution in [0.1, 0.15) is 76.0 Å². The molecule has 3 aromatic heterocycles. The monoisotopic (exact) mass is 1520 g/mol. The van der Waals surface area contributed by atoms with Gasteiger partial charge in [0, 0.05) is 94.9 Å². The number of hydrogen-bond acceptors (Lipinski definition) is 3. The molecule has 20 aromatic rings. The zero-order valence-electron chi connectivity index (χ0n) is 82.0. The lowest BCUT2D eigenvalue weighted by atomic mass is 9.33. The van der Waals surface area contributed by atoms with Crippen molar-refractivity contribution in [1.82, 2.24) is 13.7 Å². The predicted molar refractivity (Wildman–Crippen MR) is 497 cm³/mol. The number of para-hydroxylation sites is 5. The standard InChI is InChI=1S/C110H83BN6/c1-109(2,3)80-49-56-101-93(65-80)94-66-81(110(4,5)6)50-57-102(94)114(101)86-52-55-97-105(69-86)117(88-63-78(74-35-17-9-18-36-74)60-79(64-88)75-37-19-10-20-38-75)107-71-89(115-98-46-28-25-43-90(98)91-44-26-29-47-99(91)115)70-106-108(107)111(97)96-54-51-85(68-104(96)116(106)87-61-76(72-31-13-7-14-32-72)59-77(62-87)73-33-15-8-16-34-73)113-100-48-30-27-45-92(100)95-67-84(53-58-103(95)113)112(82-39-21-11-22-40-82)83-41-23-12-24-42-83/h7-71H,1-6H3/i11D,21D,22D,25D,26D,27D,28D,29D,30D,39D,40D,43D,44D,45D,46D,47D,48D. The SMILES string of the molecule is [2H]c1c([2H])c([2H])c(N(c2ccccc2)c2ccc3c(c2)c2c([2H])c([2H])c([2H])c([2H])c2n3-c2ccc3c(c2)N(c2cc(-c4ccccc4)cc(-c4ccccc4)c2)c2cc(-n4c5c([2H])c([2H])c([2H])c([2H])c5c5c([2H])c([2H])c([2H])c([2H])c54)cc4c2B3c2ccc(-n3c5ccc(C(C)(C)C)cc5c5cc(C(C)(C)C)ccc53)cc2N4c2cc(-c3ccccc3)cc(-c3ccccc3)c2)c([2H])c1[2H]. The van der Waals surface area contributed by atoms with Gasteiger partial charge in [0.25, 0.3) is 6.71 Å². The van der Waals surface area contributed by atoms with Gasteiger partial charge in [0.05, 0.1) is 62.1 Å². The van der Waals surface area contributed by atoms with Gasteiger partial charge in [-0.05, 0) is 240 Å². The number of benzene rings is 17. The van der Waals surface area contributed by atoms with E-state index >= 15 is 0 Å². The second-order valence-corrected chi connectivity index (χ2v) is 32.5. The van der Waals surface area contributed by atoms with E-state index in [0.717, 1.165) is 94.1 Å². The van der Waals surface area contributed by atoms with Gasteiger partial charge in [-0.1, -0.05) is 278 Å². The van der Waals surface area contributed by atoms with Crippen LogP contribution >= 0.6 is 0 Å². The van der Waals surface area contributed by atoms with Crippen molar-refractivity contribution in [3.8, 4) is 61.6 Å². The lowest BCUT2D eigenvalue weighted by Crippen LogP contribution is -2.61. The van der Waals surface area contributed by atoms with Crippen molar-refractivity contribution in [1.29, 1.82) is 0 Å². The lowest BCUT2D eigenvalue weighted by molar-refractivity contribution is 0.590. The van der Waals surface area contributed by atoms with Crippen molar-refractivity contribution in [2.45, 2.75) is 52.4 Å². The normalized spacial score (nSPS) is 14.7. The zero-order valence-corrected chi connectivity index (χ0v) is 65.0. The molecule has 0 amide bonds. The van der Waals surface area contributed by atoms with Crippen molar-refractivity contribution < 1.29 is 23.3 Å². The molecule has 0 atom stereocenters. The Hall–Kier alpha value is -14.4. The van der Waals surface area contributed by atoms with Crippen LogP contribution in [-0.2, 0) is 10.8 Å². The molecule has 0 radical (unpaired) electrons. The van der Waals surface area contributed by atoms with Crippen LogP contribution in [-0.4, -0.2) is 20.4 Å². The first-order valence-corrected chi connectivity index (χ1v) is 39.5. The van der Waals surface area contributed by atoms with Crippen molar-refractivity contribution in [3.63, 3.8) is 0 Å². The summed E-state index contributed by atoms with van der Waals surface area (Å²) in [6.45, 7) is 12.6. The first kappa shape index (κ1) is 53.6. The summed E-state index contributed by atoms with van der Waals surface area (Å²) in [6.07, 6.45) is 0. The van der Waals surface area contributed by atoms with E-state index in [2.05, 4.69) is 202 Å². The van der Waals surface area contributed by atoms with Gasteiger partial charge in [-0.3, -0.25) is 0 Å². The number of nitrogens with zero attached hydrogens (tertiary/aromatic N) is 6. The van der Waals surface area contributed by atoms with Crippen molar-refractivity contribution in [3.05, 3.63) is 405 Å². The average Bonchev–Trinajstić information content (AvgIpc) is 1.22. The molecule has 6 nitrogen and oxygen atoms in total. The van der Waals surface area contributed by atoms with Crippen LogP contribution in [0.5, 0.6) is 0 Å². The molecule has 17 aromatic carbocycles. The highest BCUT2D eigenvalue weighted by molar-refractivity contribution is 7.00. The van der Waals surface area contributed by atoms with Crippen molar-refractivity contribution in [2.24, 2.45) is 0 Å². The molecule has 0 fully saturated rings. The topological polar surface area (TPSA) is 24.5 Å². The summed E-state index contributed by atoms with van der Waals surface area (Å²) in [5, 5.41) is 2.40. The molecule has 0 unspecified atom stereocenters. The second-order valence-electron chi connectivity index (χ2n) is 32.5. The third-order valence-electron chi connectivity index (χ3n) is 23.5. The highest BCUT2D eigenvalue weighted by atomic mass is 15.2. The molecule has 0 spiro atoms. The van der Waals surface area contributed by atoms with Crippen molar-refractivity contribution in [2.75, 3.05) is 14.7 Å². The van der Waals surface area contributed by atoms with E-state index < -0.39 is 97.3 Å². The summed E-state index contributed by atoms with van der Waals surface area (Å²) in [6, 6.07) is 89.4. The first-order valence-electron chi connectivity index (χ1n) is 48.0. The fourth-order valence-corrected chi connectivity index (χ4v) is 18.0. The van der Waals surface area contributed by atoms with Gasteiger partial charge in [0.2, 0.25) is 0 Å². The van der Waals surface area contributed by atoms with Crippen LogP contribution < -0.4 is 31.1 Å². The maximum Gasteiger partial charge on any atom is 0.252 e. The minimum absolute atomic E-state index is 0.0958. The maximum atomic E-state index is 10.3. The summed E-state index contributed by atoms with van der Waals surface area (Å²) < 4.78 is 169. The zero-order chi connectivity index (χ0) is 93.2. The van der Waals surface area contributed by atoms with Crippen LogP contribution in [0.15, 0.2) is 394 Å². The van der Waals surface area contributed by atoms with Gasteiger partial charge in [0.1, 0.15) is 0 Å². The fraction of sp³-hybridized carbons (Fsp3) is 0.0727. The van der Waals surface area contributed by atoms with Gasteiger partial charge in [-0.25, -0.2) is 0 Å². The molecule has 22 rings (SSSR count). The van der Waals surface area contributed by atoms with E-state index in [1.54, 1.807) is 51.9 Å². The van der Waals surface area contributed by atoms with E-state index in [0.29, 0.717) is 56.4 Å². The molecule has 7 heteroatoms. The molecule has 117 heavy (non-hydrogen) atoms. The summed E-state index contributed by atoms with van der Waals surface area (Å²) in [5.74, 6) is 0. The molecule has 0 aliphatic carbocycles. The van der Waals surface area contributed by atoms with Crippen LogP contribution in [0.25, 0.3) is 127 Å². The largest absolute Gasteiger partial charge is 0.311 e. The lowest BCUT2D eigenvalue weighted by Gasteiger charge is -2.45. The highest BCUT2D eigenvalue weighted by Gasteiger charge is 2.45. The quantitative estimate of drug-likeness (QED) is 0.114. The van der Waals surface area contributed by atoms with E-state index in [9.17, 15) is 19.2 Å². The summed E-state index contributed by atoms with van der Waals surface area (Å²) in [4.78, 5) is 6.06. The number of aromatic nitrogens is 3. The minimum atomic E-state index is -0.760. The van der Waals surface area contributed by atoms with Gasteiger partial charge in [0.15, 0.2) is 0 Å². The average molecular weight is 1520 g/mol. The maximum absolute atomic E-state index is 10.3. The molecule has 0 N–H and O–H groups in total. The third-order valence-corrected chi connectivity index (χ3v) is 23.5. The van der Waals surface area contributed by atoms with Crippen LogP contribution in [0.2, 0.25) is 0 Å². The first-order chi connectivity index (χ1) is 64.3. The number of hydrogen-bond donors (Lipinski definition) is 0. The number of rotatable bonds is 12. The van der Waals surface area contributed by atoms with Gasteiger partial charge >= 0.3 is 0 Å². The number of fused-ring (bicyclic) bond motifs is 13. The summed E-state index contributed by atoms with van der Waals surface area (Å²) >= 11 is 0. The van der Waals surface area contributed by atoms with Gasteiger partial charge in [-0.15, -0.1) is 0 Å². The molecule has 556 valence electrons. The highest BCUT2D eigenvalue weighted by Crippen LogP contribution is 2.52. The Morgan fingerprint density at radius 1 is 0.248 bits per heavy atom. The molecule has 2 aliphatic heterocycles. The Labute approximate surface area is 706 Å². The Morgan fingerprint density at radius 2 is 0.598 bits per heavy atom. The Morgan fingerprint density at radius 3 is 1.02 bits per heavy atom. The van der Waals surface area contributed by atoms with E-state index in [-0.39, 0.29) is 67.0 Å². The molecule has 0 saturated heterocycles. The molecule has 5 heterocycles. The minimum Gasteiger partial charge on any atom is -0.311 e. The third kappa shape index (κ3) is 11.5. The van der Waals surface area contributed by atoms with E-state index in [4.69, 9.17) is 4.11 Å². The van der Waals surface area contributed by atoms with E-state index in [1.165, 1.54) is 11.1 Å². The Balaban J connectivity index is 0.918. The second kappa shape index (κ2) is 27.2. The Kier molecular flexibility index (Phi) is 12.4. The van der Waals surface area contributed by atoms with Gasteiger partial charge < -0.3 is 28.4 Å². The molecule has 2 aliphatic rings. The predicted octanol–water partition coefficient (Wildman–Crippen LogP) is 27.8. The van der Waals surface area contributed by atoms with Crippen molar-refractivity contribution >= 4 is 140 Å². The smallest absolute Gasteiger partial charge is 0.252 e. The molecule has 0 bridgehead atoms.